The van der Waals surface area contributed by atoms with E-state index in [1.54, 1.807) is 6.07 Å². The van der Waals surface area contributed by atoms with E-state index in [0.717, 1.165) is 11.5 Å². The molecular formula is C13H18FNOS2. The lowest BCUT2D eigenvalue weighted by atomic mass is 10.0. The van der Waals surface area contributed by atoms with Crippen LogP contribution in [0.25, 0.3) is 0 Å². The molecule has 2 rings (SSSR count). The maximum atomic E-state index is 14.3. The average molecular weight is 287 g/mol. The molecule has 0 aliphatic carbocycles. The van der Waals surface area contributed by atoms with Crippen LogP contribution in [0, 0.1) is 5.82 Å². The summed E-state index contributed by atoms with van der Waals surface area (Å²) in [5.74, 6) is 3.47. The third-order valence-corrected chi connectivity index (χ3v) is 5.94. The molecule has 100 valence electrons. The van der Waals surface area contributed by atoms with Gasteiger partial charge in [0.1, 0.15) is 0 Å². The summed E-state index contributed by atoms with van der Waals surface area (Å²) in [6.45, 7) is 0. The maximum absolute atomic E-state index is 14.3. The average Bonchev–Trinajstić information content (AvgIpc) is 2.43. The van der Waals surface area contributed by atoms with E-state index in [1.807, 2.05) is 42.7 Å². The summed E-state index contributed by atoms with van der Waals surface area (Å²) >= 11 is 3.86. The number of thioether (sulfide) groups is 2. The lowest BCUT2D eigenvalue weighted by Crippen LogP contribution is -2.32. The highest BCUT2D eigenvalue weighted by atomic mass is 32.2. The number of nitrogens with one attached hydrogen (secondary N) is 1. The van der Waals surface area contributed by atoms with E-state index in [4.69, 9.17) is 4.74 Å². The Balaban J connectivity index is 2.26. The monoisotopic (exact) mass is 287 g/mol. The van der Waals surface area contributed by atoms with Gasteiger partial charge in [0, 0.05) is 34.1 Å². The number of methoxy groups -OCH3 is 1. The molecule has 1 N–H and O–H groups in total. The molecule has 1 heterocycles. The number of hydrogen-bond donors (Lipinski definition) is 1. The molecule has 0 radical (unpaired) electrons. The van der Waals surface area contributed by atoms with Crippen LogP contribution in [0.1, 0.15) is 11.6 Å². The van der Waals surface area contributed by atoms with Gasteiger partial charge in [-0.15, -0.1) is 0 Å². The Kier molecular flexibility index (Phi) is 5.21. The van der Waals surface area contributed by atoms with E-state index in [0.29, 0.717) is 16.6 Å². The van der Waals surface area contributed by atoms with Crippen molar-refractivity contribution in [2.45, 2.75) is 11.3 Å². The maximum Gasteiger partial charge on any atom is 0.169 e. The molecule has 1 aromatic rings. The van der Waals surface area contributed by atoms with Gasteiger partial charge in [-0.1, -0.05) is 12.1 Å². The van der Waals surface area contributed by atoms with Gasteiger partial charge >= 0.3 is 0 Å². The molecule has 1 aliphatic heterocycles. The first-order valence-corrected chi connectivity index (χ1v) is 8.17. The molecule has 1 fully saturated rings. The standard InChI is InChI=1S/C13H18FNOS2/c1-15-13(11-8-17-6-7-18-11)9-4-3-5-10(16-2)12(9)14/h3-5,11,13,15H,6-8H2,1-2H3. The Morgan fingerprint density at radius 3 is 2.89 bits per heavy atom. The summed E-state index contributed by atoms with van der Waals surface area (Å²) < 4.78 is 19.3. The Morgan fingerprint density at radius 2 is 2.28 bits per heavy atom. The minimum Gasteiger partial charge on any atom is -0.494 e. The largest absolute Gasteiger partial charge is 0.494 e. The molecule has 0 aromatic heterocycles. The summed E-state index contributed by atoms with van der Waals surface area (Å²) in [5, 5.41) is 3.66. The summed E-state index contributed by atoms with van der Waals surface area (Å²) in [4.78, 5) is 0. The first-order valence-electron chi connectivity index (χ1n) is 5.97. The van der Waals surface area contributed by atoms with Gasteiger partial charge < -0.3 is 10.1 Å². The predicted octanol–water partition coefficient (Wildman–Crippen LogP) is 2.94. The second-order valence-corrected chi connectivity index (χ2v) is 6.61. The zero-order chi connectivity index (χ0) is 13.0. The van der Waals surface area contributed by atoms with Crippen molar-refractivity contribution >= 4 is 23.5 Å². The van der Waals surface area contributed by atoms with E-state index in [-0.39, 0.29) is 11.9 Å². The number of ether oxygens (including phenoxy) is 1. The molecule has 2 nitrogen and oxygen atoms in total. The third-order valence-electron chi connectivity index (χ3n) is 3.07. The van der Waals surface area contributed by atoms with Crippen LogP contribution < -0.4 is 10.1 Å². The summed E-state index contributed by atoms with van der Waals surface area (Å²) in [7, 11) is 3.39. The quantitative estimate of drug-likeness (QED) is 0.919. The predicted molar refractivity (Wildman–Crippen MR) is 78.3 cm³/mol. The van der Waals surface area contributed by atoms with E-state index < -0.39 is 0 Å². The number of hydrogen-bond acceptors (Lipinski definition) is 4. The van der Waals surface area contributed by atoms with E-state index in [2.05, 4.69) is 5.32 Å². The van der Waals surface area contributed by atoms with Gasteiger partial charge in [-0.25, -0.2) is 4.39 Å². The van der Waals surface area contributed by atoms with Crippen LogP contribution in [0.15, 0.2) is 18.2 Å². The lowest BCUT2D eigenvalue weighted by Gasteiger charge is -2.30. The Hall–Kier alpha value is -0.390. The fraction of sp³-hybridized carbons (Fsp3) is 0.538. The van der Waals surface area contributed by atoms with Crippen LogP contribution in [0.2, 0.25) is 0 Å². The Bertz CT molecular complexity index is 397. The van der Waals surface area contributed by atoms with Crippen molar-refractivity contribution in [2.24, 2.45) is 0 Å². The van der Waals surface area contributed by atoms with Crippen molar-refractivity contribution in [3.63, 3.8) is 0 Å². The zero-order valence-electron chi connectivity index (χ0n) is 10.6. The second-order valence-electron chi connectivity index (χ2n) is 4.11. The molecule has 2 atom stereocenters. The number of halogens is 1. The van der Waals surface area contributed by atoms with Crippen LogP contribution in [0.4, 0.5) is 4.39 Å². The van der Waals surface area contributed by atoms with Crippen molar-refractivity contribution < 1.29 is 9.13 Å². The fourth-order valence-electron chi connectivity index (χ4n) is 2.17. The first kappa shape index (κ1) is 14.0. The molecule has 0 saturated carbocycles. The van der Waals surface area contributed by atoms with Crippen molar-refractivity contribution in [1.29, 1.82) is 0 Å². The molecular weight excluding hydrogens is 269 g/mol. The first-order chi connectivity index (χ1) is 8.77. The van der Waals surface area contributed by atoms with Crippen LogP contribution in [0.3, 0.4) is 0 Å². The highest BCUT2D eigenvalue weighted by molar-refractivity contribution is 8.06. The number of rotatable bonds is 4. The molecule has 2 unspecified atom stereocenters. The van der Waals surface area contributed by atoms with Gasteiger partial charge in [-0.05, 0) is 13.1 Å². The SMILES string of the molecule is CNC(c1cccc(OC)c1F)C1CSCCS1. The van der Waals surface area contributed by atoms with Crippen molar-refractivity contribution in [3.8, 4) is 5.75 Å². The highest BCUT2D eigenvalue weighted by Crippen LogP contribution is 2.35. The van der Waals surface area contributed by atoms with Gasteiger partial charge in [0.2, 0.25) is 0 Å². The van der Waals surface area contributed by atoms with E-state index in [9.17, 15) is 4.39 Å². The molecule has 18 heavy (non-hydrogen) atoms. The topological polar surface area (TPSA) is 21.3 Å². The van der Waals surface area contributed by atoms with Gasteiger partial charge in [-0.2, -0.15) is 23.5 Å². The van der Waals surface area contributed by atoms with Crippen LogP contribution >= 0.6 is 23.5 Å². The normalized spacial score (nSPS) is 21.6. The minimum atomic E-state index is -0.240. The van der Waals surface area contributed by atoms with E-state index in [1.165, 1.54) is 12.9 Å². The lowest BCUT2D eigenvalue weighted by molar-refractivity contribution is 0.380. The van der Waals surface area contributed by atoms with Crippen LogP contribution in [0.5, 0.6) is 5.75 Å². The molecule has 5 heteroatoms. The zero-order valence-corrected chi connectivity index (χ0v) is 12.2. The Morgan fingerprint density at radius 1 is 1.44 bits per heavy atom. The molecule has 1 aliphatic rings. The van der Waals surface area contributed by atoms with Crippen molar-refractivity contribution in [3.05, 3.63) is 29.6 Å². The van der Waals surface area contributed by atoms with Gasteiger partial charge in [0.25, 0.3) is 0 Å². The fourth-order valence-corrected chi connectivity index (χ4v) is 5.06. The van der Waals surface area contributed by atoms with Crippen molar-refractivity contribution in [1.82, 2.24) is 5.32 Å². The van der Waals surface area contributed by atoms with Gasteiger partial charge in [0.05, 0.1) is 7.11 Å². The Labute approximate surface area is 116 Å². The van der Waals surface area contributed by atoms with Crippen LogP contribution in [-0.2, 0) is 0 Å². The summed E-state index contributed by atoms with van der Waals surface area (Å²) in [6.07, 6.45) is 0. The molecule has 1 aromatic carbocycles. The third kappa shape index (κ3) is 2.95. The molecule has 0 bridgehead atoms. The van der Waals surface area contributed by atoms with Gasteiger partial charge in [-0.3, -0.25) is 0 Å². The second kappa shape index (κ2) is 6.68. The smallest absolute Gasteiger partial charge is 0.169 e. The molecule has 0 amide bonds. The molecule has 0 spiro atoms. The number of benzene rings is 1. The van der Waals surface area contributed by atoms with E-state index >= 15 is 0 Å². The van der Waals surface area contributed by atoms with Crippen molar-refractivity contribution in [2.75, 3.05) is 31.4 Å². The van der Waals surface area contributed by atoms with Crippen LogP contribution in [-0.4, -0.2) is 36.7 Å². The minimum absolute atomic E-state index is 0.0397. The summed E-state index contributed by atoms with van der Waals surface area (Å²) in [6, 6.07) is 5.40. The summed E-state index contributed by atoms with van der Waals surface area (Å²) in [5.41, 5.74) is 0.705. The van der Waals surface area contributed by atoms with Gasteiger partial charge in [0.15, 0.2) is 11.6 Å². The highest BCUT2D eigenvalue weighted by Gasteiger charge is 2.27. The molecule has 1 saturated heterocycles.